The van der Waals surface area contributed by atoms with Crippen molar-refractivity contribution in [2.75, 3.05) is 0 Å². The van der Waals surface area contributed by atoms with Gasteiger partial charge in [0, 0.05) is 0 Å². The third-order valence-corrected chi connectivity index (χ3v) is 0. The highest BCUT2D eigenvalue weighted by Gasteiger charge is 1.00. The second-order valence-corrected chi connectivity index (χ2v) is 0. The Morgan fingerprint density at radius 3 is 0.571 bits per heavy atom. The number of hydrogen-bond acceptors (Lipinski definition) is 0. The minimum absolute atomic E-state index is 0. The summed E-state index contributed by atoms with van der Waals surface area (Å²) in [5.41, 5.74) is 0. The SMILES string of the molecule is [CH3][Al].[CH3][Al].[Cl-].[Cl-].[Cl-]. The van der Waals surface area contributed by atoms with Crippen LogP contribution in [0.1, 0.15) is 0 Å². The monoisotopic (exact) mass is 189 g/mol. The molecule has 0 saturated carbocycles. The summed E-state index contributed by atoms with van der Waals surface area (Å²) in [4.78, 5) is 0. The van der Waals surface area contributed by atoms with Gasteiger partial charge in [-0.25, -0.2) is 0 Å². The molecule has 4 radical (unpaired) electrons. The van der Waals surface area contributed by atoms with Crippen molar-refractivity contribution in [1.29, 1.82) is 0 Å². The Hall–Kier alpha value is 1.93. The van der Waals surface area contributed by atoms with E-state index in [1.54, 1.807) is 0 Å². The van der Waals surface area contributed by atoms with Crippen molar-refractivity contribution in [2.45, 2.75) is 11.6 Å². The summed E-state index contributed by atoms with van der Waals surface area (Å²) in [5, 5.41) is 0. The first-order valence-corrected chi connectivity index (χ1v) is 3.46. The van der Waals surface area contributed by atoms with Gasteiger partial charge in [-0.2, -0.15) is 0 Å². The molecule has 0 heterocycles. The first-order chi connectivity index (χ1) is 2.00. The molecule has 0 atom stereocenters. The minimum atomic E-state index is 0. The van der Waals surface area contributed by atoms with Crippen molar-refractivity contribution in [1.82, 2.24) is 0 Å². The summed E-state index contributed by atoms with van der Waals surface area (Å²) in [7, 11) is 0. The number of hydrogen-bond donors (Lipinski definition) is 0. The normalized spacial score (nSPS) is 1.43. The molecule has 0 N–H and O–H groups in total. The van der Waals surface area contributed by atoms with Crippen LogP contribution in [0.4, 0.5) is 0 Å². The average Bonchev–Trinajstić information content (AvgIpc) is 1.50. The fraction of sp³-hybridized carbons (Fsp3) is 1.00. The first kappa shape index (κ1) is 36.3. The average molecular weight is 190 g/mol. The maximum absolute atomic E-state index is 2.42. The third-order valence-electron chi connectivity index (χ3n) is 0. The molecule has 0 fully saturated rings. The van der Waals surface area contributed by atoms with Crippen LogP contribution in [0.15, 0.2) is 0 Å². The molecule has 0 bridgehead atoms. The second kappa shape index (κ2) is 102. The van der Waals surface area contributed by atoms with Crippen LogP contribution in [0.25, 0.3) is 0 Å². The van der Waals surface area contributed by atoms with Crippen LogP contribution in [-0.4, -0.2) is 32.6 Å². The molecule has 0 aliphatic heterocycles. The van der Waals surface area contributed by atoms with Gasteiger partial charge in [-0.1, -0.05) is 0 Å². The molecule has 0 spiro atoms. The van der Waals surface area contributed by atoms with E-state index in [9.17, 15) is 0 Å². The second-order valence-electron chi connectivity index (χ2n) is 0. The van der Waals surface area contributed by atoms with Crippen molar-refractivity contribution in [3.05, 3.63) is 0 Å². The lowest BCUT2D eigenvalue weighted by atomic mass is 11.9. The lowest BCUT2D eigenvalue weighted by Crippen LogP contribution is -3.00. The lowest BCUT2D eigenvalue weighted by Gasteiger charge is -1.02. The molecule has 0 aromatic carbocycles. The molecule has 0 aliphatic rings. The molecular weight excluding hydrogens is 184 g/mol. The first-order valence-electron chi connectivity index (χ1n) is 1.15. The van der Waals surface area contributed by atoms with E-state index in [0.717, 1.165) is 0 Å². The summed E-state index contributed by atoms with van der Waals surface area (Å²) in [6.07, 6.45) is 0. The van der Waals surface area contributed by atoms with Crippen LogP contribution in [-0.2, 0) is 0 Å². The minimum Gasteiger partial charge on any atom is -1.00 e. The molecule has 0 nitrogen and oxygen atoms in total. The highest BCUT2D eigenvalue weighted by molar-refractivity contribution is 6.05. The van der Waals surface area contributed by atoms with Gasteiger partial charge < -0.3 is 37.2 Å². The molecule has 0 unspecified atom stereocenters. The Labute approximate surface area is 80.9 Å². The van der Waals surface area contributed by atoms with Crippen LogP contribution in [0.5, 0.6) is 0 Å². The molecule has 0 saturated heterocycles. The van der Waals surface area contributed by atoms with Crippen LogP contribution in [0, 0.1) is 0 Å². The molecular formula is C2H6Al2Cl3-3. The molecule has 7 heavy (non-hydrogen) atoms. The fourth-order valence-corrected chi connectivity index (χ4v) is 0. The Balaban J connectivity index is -0.00000000267. The van der Waals surface area contributed by atoms with Crippen LogP contribution < -0.4 is 37.2 Å². The van der Waals surface area contributed by atoms with Gasteiger partial charge in [0.25, 0.3) is 0 Å². The van der Waals surface area contributed by atoms with Crippen LogP contribution in [0.2, 0.25) is 11.6 Å². The van der Waals surface area contributed by atoms with E-state index in [-0.39, 0.29) is 37.2 Å². The Kier molecular flexibility index (Phi) is 529. The van der Waals surface area contributed by atoms with Gasteiger partial charge in [-0.05, 0) is 0 Å². The molecule has 0 aromatic rings. The van der Waals surface area contributed by atoms with E-state index in [4.69, 9.17) is 0 Å². The molecule has 0 rings (SSSR count). The van der Waals surface area contributed by atoms with Crippen LogP contribution in [0.3, 0.4) is 0 Å². The summed E-state index contributed by atoms with van der Waals surface area (Å²) < 4.78 is 0. The maximum atomic E-state index is 2.42. The van der Waals surface area contributed by atoms with Crippen molar-refractivity contribution in [3.8, 4) is 0 Å². The van der Waals surface area contributed by atoms with Crippen molar-refractivity contribution >= 4 is 32.6 Å². The lowest BCUT2D eigenvalue weighted by molar-refractivity contribution is -0.001000. The highest BCUT2D eigenvalue weighted by Crippen LogP contribution is 0.962. The van der Waals surface area contributed by atoms with Gasteiger partial charge in [0.15, 0.2) is 0 Å². The standard InChI is InChI=1S/2CH3.2Al.3ClH/h2*1H3;;;3*1H/p-3. The van der Waals surface area contributed by atoms with Crippen molar-refractivity contribution in [3.63, 3.8) is 0 Å². The number of rotatable bonds is 0. The van der Waals surface area contributed by atoms with Gasteiger partial charge in [-0.15, -0.1) is 11.6 Å². The Morgan fingerprint density at radius 2 is 0.571 bits per heavy atom. The predicted octanol–water partition coefficient (Wildman–Crippen LogP) is -8.58. The molecule has 0 aliphatic carbocycles. The van der Waals surface area contributed by atoms with E-state index in [1.807, 2.05) is 11.6 Å². The zero-order valence-electron chi connectivity index (χ0n) is 4.29. The molecule has 44 valence electrons. The third kappa shape index (κ3) is 74.7. The highest BCUT2D eigenvalue weighted by atomic mass is 35.5. The summed E-state index contributed by atoms with van der Waals surface area (Å²) >= 11 is 4.83. The van der Waals surface area contributed by atoms with Crippen molar-refractivity contribution in [2.24, 2.45) is 0 Å². The van der Waals surface area contributed by atoms with E-state index in [0.29, 0.717) is 0 Å². The zero-order valence-corrected chi connectivity index (χ0v) is 8.87. The van der Waals surface area contributed by atoms with Crippen molar-refractivity contribution < 1.29 is 37.2 Å². The topological polar surface area (TPSA) is 0 Å². The van der Waals surface area contributed by atoms with E-state index in [1.165, 1.54) is 0 Å². The van der Waals surface area contributed by atoms with Crippen LogP contribution >= 0.6 is 0 Å². The van der Waals surface area contributed by atoms with E-state index < -0.39 is 0 Å². The number of halogens is 3. The van der Waals surface area contributed by atoms with Gasteiger partial charge in [0.05, 0.1) is 0 Å². The fourth-order valence-electron chi connectivity index (χ4n) is 0. The molecule has 5 heteroatoms. The maximum Gasteiger partial charge on any atom is 0.112 e. The molecule has 0 amide bonds. The quantitative estimate of drug-likeness (QED) is 0.333. The van der Waals surface area contributed by atoms with Gasteiger partial charge >= 0.3 is 0 Å². The predicted molar refractivity (Wildman–Crippen MR) is 23.2 cm³/mol. The van der Waals surface area contributed by atoms with E-state index >= 15 is 0 Å². The Bertz CT molecular complexity index is 10.9. The van der Waals surface area contributed by atoms with Gasteiger partial charge in [0.2, 0.25) is 0 Å². The van der Waals surface area contributed by atoms with E-state index in [2.05, 4.69) is 32.6 Å². The van der Waals surface area contributed by atoms with Gasteiger partial charge in [0.1, 0.15) is 32.6 Å². The summed E-state index contributed by atoms with van der Waals surface area (Å²) in [5.74, 6) is 3.83. The Morgan fingerprint density at radius 1 is 0.571 bits per heavy atom. The largest absolute Gasteiger partial charge is 1.00 e. The zero-order chi connectivity index (χ0) is 4.00. The smallest absolute Gasteiger partial charge is 0.112 e. The van der Waals surface area contributed by atoms with Gasteiger partial charge in [-0.3, -0.25) is 0 Å². The summed E-state index contributed by atoms with van der Waals surface area (Å²) in [6.45, 7) is 0. The molecule has 0 aromatic heterocycles. The summed E-state index contributed by atoms with van der Waals surface area (Å²) in [6, 6.07) is 0.